The zero-order chi connectivity index (χ0) is 17.6. The minimum Gasteiger partial charge on any atom is -0.494 e. The molecule has 2 aromatic carbocycles. The Balaban J connectivity index is 1.69. The number of rotatable bonds is 7. The summed E-state index contributed by atoms with van der Waals surface area (Å²) < 4.78 is 10.7. The van der Waals surface area contributed by atoms with Gasteiger partial charge in [0.2, 0.25) is 11.7 Å². The van der Waals surface area contributed by atoms with Crippen molar-refractivity contribution in [2.75, 3.05) is 11.9 Å². The number of aromatic nitrogens is 2. The maximum Gasteiger partial charge on any atom is 0.250 e. The van der Waals surface area contributed by atoms with Gasteiger partial charge in [-0.1, -0.05) is 17.3 Å². The highest BCUT2D eigenvalue weighted by molar-refractivity contribution is 5.98. The van der Waals surface area contributed by atoms with Gasteiger partial charge in [-0.15, -0.1) is 0 Å². The predicted octanol–water partition coefficient (Wildman–Crippen LogP) is 2.85. The number of nitrogens with two attached hydrogens (primary N) is 1. The van der Waals surface area contributed by atoms with Crippen LogP contribution in [0.25, 0.3) is 11.4 Å². The number of benzene rings is 2. The summed E-state index contributed by atoms with van der Waals surface area (Å²) in [6, 6.07) is 14.4. The van der Waals surface area contributed by atoms with Crippen LogP contribution in [0.2, 0.25) is 0 Å². The largest absolute Gasteiger partial charge is 0.494 e. The molecule has 128 valence electrons. The zero-order valence-corrected chi connectivity index (χ0v) is 13.7. The second-order valence-corrected chi connectivity index (χ2v) is 5.23. The van der Waals surface area contributed by atoms with Crippen molar-refractivity contribution in [3.8, 4) is 17.1 Å². The minimum atomic E-state index is -0.497. The molecule has 1 amide bonds. The summed E-state index contributed by atoms with van der Waals surface area (Å²) in [5, 5.41) is 7.06. The van der Waals surface area contributed by atoms with Crippen LogP contribution in [0.15, 0.2) is 53.1 Å². The summed E-state index contributed by atoms with van der Waals surface area (Å²) in [5.74, 6) is 1.19. The first-order valence-corrected chi connectivity index (χ1v) is 7.86. The van der Waals surface area contributed by atoms with E-state index in [1.165, 1.54) is 0 Å². The third-order valence-corrected chi connectivity index (χ3v) is 3.51. The molecule has 0 aliphatic carbocycles. The first-order valence-electron chi connectivity index (χ1n) is 7.86. The molecule has 0 radical (unpaired) electrons. The molecule has 25 heavy (non-hydrogen) atoms. The van der Waals surface area contributed by atoms with Crippen LogP contribution in [0.5, 0.6) is 5.75 Å². The number of nitrogens with one attached hydrogen (secondary N) is 1. The molecule has 0 bridgehead atoms. The number of nitrogens with zero attached hydrogens (tertiary/aromatic N) is 2. The smallest absolute Gasteiger partial charge is 0.250 e. The molecule has 1 aromatic heterocycles. The summed E-state index contributed by atoms with van der Waals surface area (Å²) in [6.07, 6.45) is 0. The molecule has 0 spiro atoms. The highest BCUT2D eigenvalue weighted by Gasteiger charge is 2.11. The Kier molecular flexibility index (Phi) is 4.94. The number of amides is 1. The number of hydrogen-bond acceptors (Lipinski definition) is 6. The monoisotopic (exact) mass is 338 g/mol. The van der Waals surface area contributed by atoms with Crippen molar-refractivity contribution >= 4 is 11.6 Å². The number of primary amides is 1. The van der Waals surface area contributed by atoms with Gasteiger partial charge in [0, 0.05) is 11.3 Å². The molecule has 3 rings (SSSR count). The van der Waals surface area contributed by atoms with Gasteiger partial charge < -0.3 is 20.3 Å². The first kappa shape index (κ1) is 16.5. The average molecular weight is 338 g/mol. The van der Waals surface area contributed by atoms with E-state index >= 15 is 0 Å². The molecule has 0 aliphatic heterocycles. The van der Waals surface area contributed by atoms with Gasteiger partial charge in [0.15, 0.2) is 0 Å². The average Bonchev–Trinajstić information content (AvgIpc) is 3.10. The Morgan fingerprint density at radius 2 is 1.96 bits per heavy atom. The van der Waals surface area contributed by atoms with Gasteiger partial charge in [0.1, 0.15) is 5.75 Å². The number of para-hydroxylation sites is 1. The Hall–Kier alpha value is -3.35. The van der Waals surface area contributed by atoms with E-state index in [-0.39, 0.29) is 6.54 Å². The van der Waals surface area contributed by atoms with Crippen molar-refractivity contribution in [2.45, 2.75) is 13.5 Å². The lowest BCUT2D eigenvalue weighted by molar-refractivity contribution is 0.100. The van der Waals surface area contributed by atoms with E-state index in [9.17, 15) is 4.79 Å². The fourth-order valence-corrected chi connectivity index (χ4v) is 2.33. The summed E-state index contributed by atoms with van der Waals surface area (Å²) in [7, 11) is 0. The van der Waals surface area contributed by atoms with Gasteiger partial charge in [-0.05, 0) is 43.3 Å². The van der Waals surface area contributed by atoms with E-state index in [0.717, 1.165) is 11.3 Å². The van der Waals surface area contributed by atoms with Crippen molar-refractivity contribution in [3.05, 3.63) is 60.0 Å². The third-order valence-electron chi connectivity index (χ3n) is 3.51. The maximum atomic E-state index is 11.4. The Morgan fingerprint density at radius 1 is 1.20 bits per heavy atom. The van der Waals surface area contributed by atoms with Crippen molar-refractivity contribution in [1.82, 2.24) is 10.1 Å². The van der Waals surface area contributed by atoms with Gasteiger partial charge in [-0.25, -0.2) is 0 Å². The van der Waals surface area contributed by atoms with E-state index in [1.54, 1.807) is 18.2 Å². The van der Waals surface area contributed by atoms with Crippen LogP contribution >= 0.6 is 0 Å². The van der Waals surface area contributed by atoms with Crippen LogP contribution in [0.4, 0.5) is 5.69 Å². The zero-order valence-electron chi connectivity index (χ0n) is 13.7. The first-order chi connectivity index (χ1) is 12.2. The van der Waals surface area contributed by atoms with E-state index in [1.807, 2.05) is 37.3 Å². The fourth-order valence-electron chi connectivity index (χ4n) is 2.33. The summed E-state index contributed by atoms with van der Waals surface area (Å²) in [4.78, 5) is 15.8. The van der Waals surface area contributed by atoms with Crippen molar-refractivity contribution < 1.29 is 14.1 Å². The molecule has 0 saturated carbocycles. The molecule has 0 aliphatic rings. The lowest BCUT2D eigenvalue weighted by Crippen LogP contribution is -2.14. The fraction of sp³-hybridized carbons (Fsp3) is 0.167. The molecule has 0 atom stereocenters. The minimum absolute atomic E-state index is 0.286. The molecule has 3 aromatic rings. The van der Waals surface area contributed by atoms with Crippen LogP contribution < -0.4 is 15.8 Å². The van der Waals surface area contributed by atoms with E-state index < -0.39 is 5.91 Å². The molecule has 7 nitrogen and oxygen atoms in total. The standard InChI is InChI=1S/C18H18N4O3/c1-2-24-13-9-7-12(8-10-13)18-21-16(25-22-18)11-20-15-6-4-3-5-14(15)17(19)23/h3-10,20H,2,11H2,1H3,(H2,19,23). The molecule has 0 saturated heterocycles. The van der Waals surface area contributed by atoms with Crippen molar-refractivity contribution in [3.63, 3.8) is 0 Å². The third kappa shape index (κ3) is 3.95. The topological polar surface area (TPSA) is 103 Å². The number of carbonyl (C=O) groups is 1. The van der Waals surface area contributed by atoms with Crippen LogP contribution in [-0.2, 0) is 6.54 Å². The van der Waals surface area contributed by atoms with Gasteiger partial charge in [-0.2, -0.15) is 4.98 Å². The van der Waals surface area contributed by atoms with E-state index in [4.69, 9.17) is 15.0 Å². The molecule has 0 unspecified atom stereocenters. The summed E-state index contributed by atoms with van der Waals surface area (Å²) in [6.45, 7) is 2.83. The number of anilines is 1. The van der Waals surface area contributed by atoms with Crippen LogP contribution in [0, 0.1) is 0 Å². The van der Waals surface area contributed by atoms with Crippen LogP contribution in [-0.4, -0.2) is 22.7 Å². The van der Waals surface area contributed by atoms with Gasteiger partial charge in [0.05, 0.1) is 18.7 Å². The molecular formula is C18H18N4O3. The van der Waals surface area contributed by atoms with Crippen molar-refractivity contribution in [2.24, 2.45) is 5.73 Å². The second-order valence-electron chi connectivity index (χ2n) is 5.23. The Labute approximate surface area is 144 Å². The summed E-state index contributed by atoms with van der Waals surface area (Å²) >= 11 is 0. The molecule has 7 heteroatoms. The predicted molar refractivity (Wildman–Crippen MR) is 93.2 cm³/mol. The van der Waals surface area contributed by atoms with Crippen LogP contribution in [0.3, 0.4) is 0 Å². The molecular weight excluding hydrogens is 320 g/mol. The van der Waals surface area contributed by atoms with Gasteiger partial charge in [-0.3, -0.25) is 4.79 Å². The highest BCUT2D eigenvalue weighted by Crippen LogP contribution is 2.21. The second kappa shape index (κ2) is 7.48. The summed E-state index contributed by atoms with van der Waals surface area (Å²) in [5.41, 5.74) is 7.22. The molecule has 0 fully saturated rings. The van der Waals surface area contributed by atoms with E-state index in [0.29, 0.717) is 29.6 Å². The lowest BCUT2D eigenvalue weighted by Gasteiger charge is -2.07. The SMILES string of the molecule is CCOc1ccc(-c2noc(CNc3ccccc3C(N)=O)n2)cc1. The van der Waals surface area contributed by atoms with Gasteiger partial charge >= 0.3 is 0 Å². The molecule has 3 N–H and O–H groups in total. The Morgan fingerprint density at radius 3 is 2.68 bits per heavy atom. The van der Waals surface area contributed by atoms with Crippen molar-refractivity contribution in [1.29, 1.82) is 0 Å². The quantitative estimate of drug-likeness (QED) is 0.686. The molecule has 1 heterocycles. The van der Waals surface area contributed by atoms with Crippen LogP contribution in [0.1, 0.15) is 23.2 Å². The number of ether oxygens (including phenoxy) is 1. The normalized spacial score (nSPS) is 10.4. The van der Waals surface area contributed by atoms with Gasteiger partial charge in [0.25, 0.3) is 5.91 Å². The number of hydrogen-bond donors (Lipinski definition) is 2. The van der Waals surface area contributed by atoms with E-state index in [2.05, 4.69) is 15.5 Å². The lowest BCUT2D eigenvalue weighted by atomic mass is 10.1. The highest BCUT2D eigenvalue weighted by atomic mass is 16.5. The Bertz CT molecular complexity index is 859. The number of carbonyl (C=O) groups excluding carboxylic acids is 1. The maximum absolute atomic E-state index is 11.4.